The highest BCUT2D eigenvalue weighted by atomic mass is 16.2. The van der Waals surface area contributed by atoms with Gasteiger partial charge >= 0.3 is 6.03 Å². The Morgan fingerprint density at radius 2 is 2.03 bits per heavy atom. The van der Waals surface area contributed by atoms with E-state index in [0.29, 0.717) is 6.54 Å². The summed E-state index contributed by atoms with van der Waals surface area (Å²) in [5.41, 5.74) is 2.55. The Bertz CT molecular complexity index is 879. The van der Waals surface area contributed by atoms with Crippen LogP contribution in [0.25, 0.3) is 0 Å². The van der Waals surface area contributed by atoms with Crippen molar-refractivity contribution in [1.29, 1.82) is 0 Å². The van der Waals surface area contributed by atoms with Gasteiger partial charge in [-0.05, 0) is 42.7 Å². The molecule has 1 aromatic carbocycles. The van der Waals surface area contributed by atoms with Crippen molar-refractivity contribution < 1.29 is 9.59 Å². The fourth-order valence-corrected chi connectivity index (χ4v) is 3.51. The van der Waals surface area contributed by atoms with Crippen molar-refractivity contribution in [2.45, 2.75) is 26.8 Å². The molecule has 2 heterocycles. The zero-order chi connectivity index (χ0) is 21.1. The number of hydrogen-bond acceptors (Lipinski definition) is 4. The van der Waals surface area contributed by atoms with Crippen LogP contribution in [-0.4, -0.2) is 55.0 Å². The first-order chi connectivity index (χ1) is 13.8. The molecule has 1 N–H and O–H groups in total. The van der Waals surface area contributed by atoms with E-state index in [1.54, 1.807) is 16.0 Å². The smallest absolute Gasteiger partial charge is 0.325 e. The van der Waals surface area contributed by atoms with E-state index in [-0.39, 0.29) is 30.4 Å². The van der Waals surface area contributed by atoms with E-state index in [2.05, 4.69) is 24.1 Å². The number of rotatable bonds is 6. The number of carbonyl (C=O) groups excluding carboxylic acids is 2. The van der Waals surface area contributed by atoms with Crippen LogP contribution in [0, 0.1) is 12.8 Å². The van der Waals surface area contributed by atoms with Crippen LogP contribution < -0.4 is 15.1 Å². The number of aryl methyl sites for hydroxylation is 1. The van der Waals surface area contributed by atoms with Crippen molar-refractivity contribution in [3.8, 4) is 0 Å². The standard InChI is InChI=1S/C22H29N5O2/c1-15(2)19-13-26(18-9-10-20(23-12-18)25(4)5)22(29)27(19)14-21(28)24-17-8-6-7-16(3)11-17/h6-12,15,19H,13-14H2,1-5H3,(H,24,28)/t19-/m1/s1. The summed E-state index contributed by atoms with van der Waals surface area (Å²) in [6.07, 6.45) is 1.71. The second kappa shape index (κ2) is 8.51. The number of urea groups is 1. The van der Waals surface area contributed by atoms with Gasteiger partial charge in [-0.2, -0.15) is 0 Å². The summed E-state index contributed by atoms with van der Waals surface area (Å²) in [5, 5.41) is 2.89. The molecule has 0 radical (unpaired) electrons. The van der Waals surface area contributed by atoms with Crippen LogP contribution in [0.4, 0.5) is 22.0 Å². The summed E-state index contributed by atoms with van der Waals surface area (Å²) in [4.78, 5) is 35.4. The van der Waals surface area contributed by atoms with E-state index in [9.17, 15) is 9.59 Å². The van der Waals surface area contributed by atoms with E-state index in [1.165, 1.54) is 0 Å². The lowest BCUT2D eigenvalue weighted by Gasteiger charge is -2.25. The second-order valence-corrected chi connectivity index (χ2v) is 8.02. The van der Waals surface area contributed by atoms with Crippen molar-refractivity contribution in [2.24, 2.45) is 5.92 Å². The monoisotopic (exact) mass is 395 g/mol. The average molecular weight is 396 g/mol. The van der Waals surface area contributed by atoms with Crippen molar-refractivity contribution in [2.75, 3.05) is 42.3 Å². The topological polar surface area (TPSA) is 68.8 Å². The average Bonchev–Trinajstić information content (AvgIpc) is 2.98. The van der Waals surface area contributed by atoms with Crippen molar-refractivity contribution in [1.82, 2.24) is 9.88 Å². The molecule has 1 aliphatic rings. The molecule has 7 heteroatoms. The minimum absolute atomic E-state index is 0.0231. The van der Waals surface area contributed by atoms with Crippen molar-refractivity contribution >= 4 is 29.1 Å². The van der Waals surface area contributed by atoms with E-state index in [4.69, 9.17) is 0 Å². The van der Waals surface area contributed by atoms with Crippen molar-refractivity contribution in [3.63, 3.8) is 0 Å². The molecular weight excluding hydrogens is 366 g/mol. The lowest BCUT2D eigenvalue weighted by Crippen LogP contribution is -2.42. The number of benzene rings is 1. The molecule has 3 rings (SSSR count). The van der Waals surface area contributed by atoms with E-state index in [0.717, 1.165) is 22.8 Å². The highest BCUT2D eigenvalue weighted by molar-refractivity contribution is 5.99. The normalized spacial score (nSPS) is 16.5. The summed E-state index contributed by atoms with van der Waals surface area (Å²) in [5.74, 6) is 0.859. The van der Waals surface area contributed by atoms with Gasteiger partial charge in [0.25, 0.3) is 0 Å². The number of pyridine rings is 1. The third kappa shape index (κ3) is 4.67. The Kier molecular flexibility index (Phi) is 6.06. The first kappa shape index (κ1) is 20.6. The molecule has 1 saturated heterocycles. The Labute approximate surface area is 172 Å². The zero-order valence-corrected chi connectivity index (χ0v) is 17.7. The minimum Gasteiger partial charge on any atom is -0.363 e. The molecule has 1 aliphatic heterocycles. The van der Waals surface area contributed by atoms with Gasteiger partial charge in [0.15, 0.2) is 0 Å². The molecule has 0 spiro atoms. The van der Waals surface area contributed by atoms with Gasteiger partial charge in [-0.25, -0.2) is 9.78 Å². The van der Waals surface area contributed by atoms with Gasteiger partial charge in [0.05, 0.1) is 17.9 Å². The van der Waals surface area contributed by atoms with Crippen LogP contribution in [0.3, 0.4) is 0 Å². The predicted molar refractivity (Wildman–Crippen MR) is 116 cm³/mol. The Balaban J connectivity index is 1.74. The SMILES string of the molecule is Cc1cccc(NC(=O)CN2C(=O)N(c3ccc(N(C)C)nc3)C[C@@H]2C(C)C)c1. The molecule has 0 unspecified atom stereocenters. The van der Waals surface area contributed by atoms with Crippen LogP contribution in [0.2, 0.25) is 0 Å². The van der Waals surface area contributed by atoms with Gasteiger partial charge in [0, 0.05) is 26.3 Å². The summed E-state index contributed by atoms with van der Waals surface area (Å²) in [6, 6.07) is 11.2. The van der Waals surface area contributed by atoms with E-state index in [1.807, 2.05) is 62.3 Å². The Morgan fingerprint density at radius 1 is 1.28 bits per heavy atom. The fourth-order valence-electron chi connectivity index (χ4n) is 3.51. The molecule has 1 fully saturated rings. The molecule has 7 nitrogen and oxygen atoms in total. The number of nitrogens with one attached hydrogen (secondary N) is 1. The van der Waals surface area contributed by atoms with Gasteiger partial charge in [-0.3, -0.25) is 9.69 Å². The number of amides is 3. The number of carbonyl (C=O) groups is 2. The highest BCUT2D eigenvalue weighted by Crippen LogP contribution is 2.28. The zero-order valence-electron chi connectivity index (χ0n) is 17.7. The molecule has 0 bridgehead atoms. The summed E-state index contributed by atoms with van der Waals surface area (Å²) in [6.45, 7) is 6.68. The maximum Gasteiger partial charge on any atom is 0.325 e. The maximum absolute atomic E-state index is 13.1. The third-order valence-electron chi connectivity index (χ3n) is 5.13. The number of anilines is 3. The third-order valence-corrected chi connectivity index (χ3v) is 5.13. The quantitative estimate of drug-likeness (QED) is 0.814. The number of aromatic nitrogens is 1. The van der Waals surface area contributed by atoms with Crippen LogP contribution in [0.1, 0.15) is 19.4 Å². The molecular formula is C22H29N5O2. The molecule has 154 valence electrons. The molecule has 1 atom stereocenters. The summed E-state index contributed by atoms with van der Waals surface area (Å²) < 4.78 is 0. The Morgan fingerprint density at radius 3 is 2.62 bits per heavy atom. The van der Waals surface area contributed by atoms with E-state index >= 15 is 0 Å². The molecule has 0 aliphatic carbocycles. The highest BCUT2D eigenvalue weighted by Gasteiger charge is 2.40. The van der Waals surface area contributed by atoms with E-state index < -0.39 is 0 Å². The van der Waals surface area contributed by atoms with Crippen molar-refractivity contribution in [3.05, 3.63) is 48.2 Å². The fraction of sp³-hybridized carbons (Fsp3) is 0.409. The van der Waals surface area contributed by atoms with Gasteiger partial charge in [-0.15, -0.1) is 0 Å². The minimum atomic E-state index is -0.197. The first-order valence-corrected chi connectivity index (χ1v) is 9.84. The van der Waals surface area contributed by atoms with Crippen LogP contribution >= 0.6 is 0 Å². The van der Waals surface area contributed by atoms with Crippen LogP contribution in [0.5, 0.6) is 0 Å². The maximum atomic E-state index is 13.1. The van der Waals surface area contributed by atoms with Gasteiger partial charge in [0.2, 0.25) is 5.91 Å². The molecule has 1 aromatic heterocycles. The number of nitrogens with zero attached hydrogens (tertiary/aromatic N) is 4. The lowest BCUT2D eigenvalue weighted by atomic mass is 10.0. The second-order valence-electron chi connectivity index (χ2n) is 8.02. The van der Waals surface area contributed by atoms with Gasteiger partial charge in [-0.1, -0.05) is 26.0 Å². The molecule has 3 amide bonds. The number of hydrogen-bond donors (Lipinski definition) is 1. The van der Waals surface area contributed by atoms with Gasteiger partial charge in [0.1, 0.15) is 12.4 Å². The van der Waals surface area contributed by atoms with Crippen LogP contribution in [0.15, 0.2) is 42.6 Å². The molecule has 2 aromatic rings. The van der Waals surface area contributed by atoms with Crippen LogP contribution in [-0.2, 0) is 4.79 Å². The molecule has 29 heavy (non-hydrogen) atoms. The first-order valence-electron chi connectivity index (χ1n) is 9.84. The van der Waals surface area contributed by atoms with Gasteiger partial charge < -0.3 is 15.1 Å². The largest absolute Gasteiger partial charge is 0.363 e. The lowest BCUT2D eigenvalue weighted by molar-refractivity contribution is -0.117. The summed E-state index contributed by atoms with van der Waals surface area (Å²) in [7, 11) is 3.85. The Hall–Kier alpha value is -3.09. The summed E-state index contributed by atoms with van der Waals surface area (Å²) >= 11 is 0. The molecule has 0 saturated carbocycles. The predicted octanol–water partition coefficient (Wildman–Crippen LogP) is 3.36.